The number of para-hydroxylation sites is 1. The largest absolute Gasteiger partial charge is 0.462 e. The number of hydrogen-bond acceptors (Lipinski definition) is 11. The van der Waals surface area contributed by atoms with Crippen LogP contribution in [0.2, 0.25) is 0 Å². The molecule has 5 N–H and O–H groups in total. The number of hydrogen-bond donors (Lipinski definition) is 4. The van der Waals surface area contributed by atoms with E-state index in [0.717, 1.165) is 6.20 Å². The van der Waals surface area contributed by atoms with Crippen LogP contribution in [-0.2, 0) is 23.4 Å². The van der Waals surface area contributed by atoms with Gasteiger partial charge in [0.25, 0.3) is 0 Å². The first-order chi connectivity index (χ1) is 17.8. The van der Waals surface area contributed by atoms with Crippen LogP contribution in [0.1, 0.15) is 33.9 Å². The van der Waals surface area contributed by atoms with E-state index in [0.29, 0.717) is 4.57 Å². The molecule has 3 unspecified atom stereocenters. The number of nitrogens with two attached hydrogens (primary N) is 1. The van der Waals surface area contributed by atoms with Gasteiger partial charge < -0.3 is 29.9 Å². The van der Waals surface area contributed by atoms with Gasteiger partial charge in [-0.05, 0) is 32.9 Å². The quantitative estimate of drug-likeness (QED) is 0.230. The lowest BCUT2D eigenvalue weighted by Crippen LogP contribution is -2.44. The van der Waals surface area contributed by atoms with Crippen molar-refractivity contribution in [1.82, 2.24) is 14.6 Å². The highest BCUT2D eigenvalue weighted by Crippen LogP contribution is 2.48. The predicted octanol–water partition coefficient (Wildman–Crippen LogP) is 1.35. The average Bonchev–Trinajstić information content (AvgIpc) is 3.10. The molecule has 15 heteroatoms. The van der Waals surface area contributed by atoms with Gasteiger partial charge in [0.1, 0.15) is 17.9 Å². The molecule has 13 nitrogen and oxygen atoms in total. The molecule has 210 valence electrons. The second kappa shape index (κ2) is 11.9. The molecule has 1 aromatic heterocycles. The van der Waals surface area contributed by atoms with Gasteiger partial charge in [-0.2, -0.15) is 10.1 Å². The number of nitrogens with one attached hydrogen (secondary N) is 1. The summed E-state index contributed by atoms with van der Waals surface area (Å²) in [4.78, 5) is 28.0. The number of carbonyl (C=O) groups excluding carboxylic acids is 1. The Bertz CT molecular complexity index is 1230. The van der Waals surface area contributed by atoms with Crippen LogP contribution in [0.4, 0.5) is 10.2 Å². The smallest absolute Gasteiger partial charge is 0.459 e. The lowest BCUT2D eigenvalue weighted by Gasteiger charge is -2.31. The van der Waals surface area contributed by atoms with Crippen LogP contribution in [0.25, 0.3) is 0 Å². The first-order valence-electron chi connectivity index (χ1n) is 11.8. The highest BCUT2D eigenvalue weighted by Gasteiger charge is 2.54. The summed E-state index contributed by atoms with van der Waals surface area (Å²) in [6.07, 6.45) is -3.88. The Labute approximate surface area is 218 Å². The van der Waals surface area contributed by atoms with E-state index in [9.17, 15) is 28.8 Å². The Morgan fingerprint density at radius 3 is 2.61 bits per heavy atom. The van der Waals surface area contributed by atoms with Gasteiger partial charge in [0.05, 0.1) is 31.6 Å². The summed E-state index contributed by atoms with van der Waals surface area (Å²) in [6, 6.07) is 6.92. The molecule has 1 aromatic carbocycles. The van der Waals surface area contributed by atoms with Crippen LogP contribution >= 0.6 is 7.75 Å². The van der Waals surface area contributed by atoms with E-state index in [1.165, 1.54) is 26.0 Å². The molecule has 2 aromatic rings. The minimum absolute atomic E-state index is 0.165. The van der Waals surface area contributed by atoms with Crippen molar-refractivity contribution < 1.29 is 42.5 Å². The average molecular weight is 559 g/mol. The van der Waals surface area contributed by atoms with Gasteiger partial charge in [0.15, 0.2) is 17.9 Å². The molecular weight excluding hydrogens is 526 g/mol. The lowest BCUT2D eigenvalue weighted by atomic mass is 9.81. The molecule has 0 saturated carbocycles. The summed E-state index contributed by atoms with van der Waals surface area (Å²) >= 11 is 0. The van der Waals surface area contributed by atoms with Crippen molar-refractivity contribution in [3.8, 4) is 5.75 Å². The van der Waals surface area contributed by atoms with E-state index in [1.54, 1.807) is 32.0 Å². The summed E-state index contributed by atoms with van der Waals surface area (Å²) in [5.41, 5.74) is 2.88. The second-order valence-electron chi connectivity index (χ2n) is 9.32. The minimum atomic E-state index is -4.30. The zero-order valence-electron chi connectivity index (χ0n) is 21.3. The van der Waals surface area contributed by atoms with Crippen molar-refractivity contribution >= 4 is 19.5 Å². The molecule has 0 amide bonds. The number of nitrogen functional groups attached to an aromatic ring is 1. The topological polar surface area (TPSA) is 184 Å². The molecule has 3 rings (SSSR count). The Morgan fingerprint density at radius 1 is 1.34 bits per heavy atom. The number of nitrogens with zero attached hydrogens (tertiary/aromatic N) is 2. The van der Waals surface area contributed by atoms with E-state index in [1.807, 2.05) is 0 Å². The molecule has 0 aliphatic carbocycles. The third kappa shape index (κ3) is 6.57. The van der Waals surface area contributed by atoms with Crippen LogP contribution < -0.4 is 21.0 Å². The monoisotopic (exact) mass is 558 g/mol. The van der Waals surface area contributed by atoms with E-state index in [2.05, 4.69) is 10.1 Å². The number of esters is 1. The fraction of sp³-hybridized carbons (Fsp3) is 0.522. The van der Waals surface area contributed by atoms with Gasteiger partial charge in [-0.3, -0.25) is 13.9 Å². The van der Waals surface area contributed by atoms with Crippen molar-refractivity contribution in [3.05, 3.63) is 52.8 Å². The predicted molar refractivity (Wildman–Crippen MR) is 132 cm³/mol. The van der Waals surface area contributed by atoms with Crippen molar-refractivity contribution in [1.29, 1.82) is 0 Å². The van der Waals surface area contributed by atoms with Crippen molar-refractivity contribution in [2.45, 2.75) is 58.3 Å². The number of halogens is 1. The Morgan fingerprint density at radius 2 is 2.00 bits per heavy atom. The van der Waals surface area contributed by atoms with Gasteiger partial charge in [-0.1, -0.05) is 25.1 Å². The number of aliphatic hydroxyl groups excluding tert-OH is 2. The van der Waals surface area contributed by atoms with Crippen LogP contribution in [0.15, 0.2) is 41.3 Å². The highest BCUT2D eigenvalue weighted by molar-refractivity contribution is 7.52. The van der Waals surface area contributed by atoms with E-state index >= 15 is 0 Å². The first-order valence-corrected chi connectivity index (χ1v) is 13.3. The SMILES string of the molecule is CC(C)OC(=O)[C@H](C)NP(=O)(OC[C@H]1O[C@@H](n2cc(F)c(N)nc2=O)C(O)C1(C)CO)Oc1ccccc1. The standard InChI is InChI=1S/C23H32FN4O9P/c1-13(2)35-21(31)14(3)27-38(33,37-15-8-6-5-7-9-15)34-11-17-23(4,12-29)18(30)20(36-17)28-10-16(24)19(25)26-22(28)32/h5-10,13-14,17-18,20,29-30H,11-12H2,1-4H3,(H,27,33)(H2,25,26,32)/t14-,17+,18?,20+,23?,38?/m0/s1. The van der Waals surface area contributed by atoms with Crippen LogP contribution in [0.3, 0.4) is 0 Å². The summed E-state index contributed by atoms with van der Waals surface area (Å²) in [5.74, 6) is -2.18. The van der Waals surface area contributed by atoms with Crippen LogP contribution in [0.5, 0.6) is 5.75 Å². The van der Waals surface area contributed by atoms with Gasteiger partial charge in [-0.15, -0.1) is 0 Å². The maximum Gasteiger partial charge on any atom is 0.459 e. The fourth-order valence-electron chi connectivity index (χ4n) is 3.70. The molecule has 1 aliphatic heterocycles. The maximum absolute atomic E-state index is 14.0. The third-order valence-corrected chi connectivity index (χ3v) is 7.60. The Hall–Kier alpha value is -2.87. The van der Waals surface area contributed by atoms with Crippen molar-refractivity contribution in [3.63, 3.8) is 0 Å². The number of carbonyl (C=O) groups is 1. The number of anilines is 1. The molecule has 1 aliphatic rings. The van der Waals surface area contributed by atoms with E-state index in [4.69, 9.17) is 24.3 Å². The zero-order valence-corrected chi connectivity index (χ0v) is 22.2. The van der Waals surface area contributed by atoms with Crippen molar-refractivity contribution in [2.24, 2.45) is 5.41 Å². The molecule has 38 heavy (non-hydrogen) atoms. The normalized spacial score (nSPS) is 25.6. The summed E-state index contributed by atoms with van der Waals surface area (Å²) in [6.45, 7) is 4.98. The number of benzene rings is 1. The number of rotatable bonds is 11. The molecular formula is C23H32FN4O9P. The van der Waals surface area contributed by atoms with Gasteiger partial charge in [0.2, 0.25) is 0 Å². The summed E-state index contributed by atoms with van der Waals surface area (Å²) < 4.78 is 50.6. The first kappa shape index (κ1) is 29.7. The molecule has 2 heterocycles. The Balaban J connectivity index is 1.86. The zero-order chi connectivity index (χ0) is 28.3. The summed E-state index contributed by atoms with van der Waals surface area (Å²) in [7, 11) is -4.30. The van der Waals surface area contributed by atoms with Gasteiger partial charge in [0, 0.05) is 5.41 Å². The molecule has 6 atom stereocenters. The molecule has 0 radical (unpaired) electrons. The van der Waals surface area contributed by atoms with E-state index in [-0.39, 0.29) is 5.75 Å². The molecule has 0 spiro atoms. The Kier molecular flexibility index (Phi) is 9.29. The maximum atomic E-state index is 14.0. The van der Waals surface area contributed by atoms with Gasteiger partial charge in [-0.25, -0.2) is 13.8 Å². The number of ether oxygens (including phenoxy) is 2. The lowest BCUT2D eigenvalue weighted by molar-refractivity contribution is -0.149. The van der Waals surface area contributed by atoms with Crippen molar-refractivity contribution in [2.75, 3.05) is 18.9 Å². The fourth-order valence-corrected chi connectivity index (χ4v) is 5.19. The van der Waals surface area contributed by atoms with E-state index < -0.39 is 80.3 Å². The molecule has 1 fully saturated rings. The van der Waals surface area contributed by atoms with Crippen LogP contribution in [0, 0.1) is 11.2 Å². The third-order valence-electron chi connectivity index (χ3n) is 5.96. The summed E-state index contributed by atoms with van der Waals surface area (Å²) in [5, 5.41) is 23.5. The second-order valence-corrected chi connectivity index (χ2v) is 11.0. The highest BCUT2D eigenvalue weighted by atomic mass is 31.2. The number of aliphatic hydroxyl groups is 2. The number of aromatic nitrogens is 2. The van der Waals surface area contributed by atoms with Crippen LogP contribution in [-0.4, -0.2) is 63.3 Å². The minimum Gasteiger partial charge on any atom is -0.462 e. The molecule has 0 bridgehead atoms. The molecule has 1 saturated heterocycles. The van der Waals surface area contributed by atoms with Gasteiger partial charge >= 0.3 is 19.4 Å².